The van der Waals surface area contributed by atoms with Crippen LogP contribution in [0.25, 0.3) is 5.70 Å². The maximum atomic E-state index is 10.5. The van der Waals surface area contributed by atoms with Crippen LogP contribution in [0.5, 0.6) is 0 Å². The monoisotopic (exact) mass is 159 g/mol. The largest absolute Gasteiger partial charge is 0.375 e. The molecule has 60 valence electrons. The highest BCUT2D eigenvalue weighted by molar-refractivity contribution is 5.88. The van der Waals surface area contributed by atoms with E-state index in [1.165, 1.54) is 5.56 Å². The molecule has 0 aliphatic carbocycles. The first kappa shape index (κ1) is 7.14. The van der Waals surface area contributed by atoms with Crippen molar-refractivity contribution in [2.24, 2.45) is 0 Å². The Morgan fingerprint density at radius 2 is 2.17 bits per heavy atom. The fourth-order valence-electron chi connectivity index (χ4n) is 1.49. The van der Waals surface area contributed by atoms with Crippen LogP contribution < -0.4 is 5.32 Å². The number of rotatable bonds is 0. The van der Waals surface area contributed by atoms with Gasteiger partial charge in [-0.2, -0.15) is 0 Å². The molecule has 2 heteroatoms. The SMILES string of the molecule is O=C=C1NCCc2ccccc21. The lowest BCUT2D eigenvalue weighted by Gasteiger charge is -2.17. The Morgan fingerprint density at radius 1 is 1.33 bits per heavy atom. The molecule has 12 heavy (non-hydrogen) atoms. The summed E-state index contributed by atoms with van der Waals surface area (Å²) in [7, 11) is 0. The van der Waals surface area contributed by atoms with Gasteiger partial charge in [0.2, 0.25) is 0 Å². The van der Waals surface area contributed by atoms with Crippen LogP contribution in [0.15, 0.2) is 24.3 Å². The third-order valence-corrected chi connectivity index (χ3v) is 2.08. The van der Waals surface area contributed by atoms with Crippen molar-refractivity contribution < 1.29 is 4.79 Å². The smallest absolute Gasteiger partial charge is 0.150 e. The molecule has 1 aromatic rings. The molecule has 0 amide bonds. The lowest BCUT2D eigenvalue weighted by molar-refractivity contribution is 0.568. The Hall–Kier alpha value is -1.53. The molecule has 1 aliphatic rings. The second kappa shape index (κ2) is 2.84. The minimum atomic E-state index is 0.594. The summed E-state index contributed by atoms with van der Waals surface area (Å²) in [6.07, 6.45) is 0.987. The van der Waals surface area contributed by atoms with Gasteiger partial charge in [-0.05, 0) is 12.0 Å². The van der Waals surface area contributed by atoms with Crippen molar-refractivity contribution in [1.29, 1.82) is 0 Å². The van der Waals surface area contributed by atoms with Gasteiger partial charge in [0.1, 0.15) is 5.70 Å². The van der Waals surface area contributed by atoms with Crippen molar-refractivity contribution in [3.63, 3.8) is 0 Å². The summed E-state index contributed by atoms with van der Waals surface area (Å²) < 4.78 is 0. The molecule has 0 saturated heterocycles. The highest BCUT2D eigenvalue weighted by Crippen LogP contribution is 2.18. The van der Waals surface area contributed by atoms with Gasteiger partial charge in [-0.25, -0.2) is 4.79 Å². The van der Waals surface area contributed by atoms with Gasteiger partial charge >= 0.3 is 0 Å². The van der Waals surface area contributed by atoms with E-state index in [0.29, 0.717) is 5.70 Å². The lowest BCUT2D eigenvalue weighted by Crippen LogP contribution is -2.22. The zero-order chi connectivity index (χ0) is 8.39. The van der Waals surface area contributed by atoms with Crippen LogP contribution in [-0.2, 0) is 11.2 Å². The van der Waals surface area contributed by atoms with Crippen molar-refractivity contribution in [1.82, 2.24) is 5.32 Å². The van der Waals surface area contributed by atoms with Crippen LogP contribution in [0, 0.1) is 0 Å². The zero-order valence-electron chi connectivity index (χ0n) is 6.63. The van der Waals surface area contributed by atoms with Crippen LogP contribution in [0.2, 0.25) is 0 Å². The van der Waals surface area contributed by atoms with E-state index in [4.69, 9.17) is 0 Å². The molecule has 2 rings (SSSR count). The number of nitrogens with one attached hydrogen (secondary N) is 1. The topological polar surface area (TPSA) is 29.1 Å². The summed E-state index contributed by atoms with van der Waals surface area (Å²) in [4.78, 5) is 10.5. The summed E-state index contributed by atoms with van der Waals surface area (Å²) in [5.41, 5.74) is 2.82. The molecule has 0 aromatic heterocycles. The first-order valence-electron chi connectivity index (χ1n) is 3.99. The molecule has 0 unspecified atom stereocenters. The molecule has 0 atom stereocenters. The van der Waals surface area contributed by atoms with E-state index < -0.39 is 0 Å². The molecule has 1 heterocycles. The maximum absolute atomic E-state index is 10.5. The predicted molar refractivity (Wildman–Crippen MR) is 47.2 cm³/mol. The summed E-state index contributed by atoms with van der Waals surface area (Å²) in [5, 5.41) is 3.02. The number of carbonyl (C=O) groups excluding carboxylic acids is 1. The Labute approximate surface area is 70.9 Å². The molecule has 0 spiro atoms. The van der Waals surface area contributed by atoms with Crippen LogP contribution in [0.3, 0.4) is 0 Å². The highest BCUT2D eigenvalue weighted by Gasteiger charge is 2.12. The van der Waals surface area contributed by atoms with Gasteiger partial charge in [0.05, 0.1) is 0 Å². The van der Waals surface area contributed by atoms with E-state index in [2.05, 4.69) is 5.32 Å². The molecule has 0 saturated carbocycles. The minimum Gasteiger partial charge on any atom is -0.375 e. The van der Waals surface area contributed by atoms with E-state index in [0.717, 1.165) is 18.5 Å². The van der Waals surface area contributed by atoms with Crippen LogP contribution in [0.1, 0.15) is 11.1 Å². The fraction of sp³-hybridized carbons (Fsp3) is 0.200. The molecule has 1 aliphatic heterocycles. The Balaban J connectivity index is 2.58. The van der Waals surface area contributed by atoms with E-state index in [-0.39, 0.29) is 0 Å². The molecule has 0 fully saturated rings. The number of fused-ring (bicyclic) bond motifs is 1. The van der Waals surface area contributed by atoms with Crippen LogP contribution in [0.4, 0.5) is 0 Å². The molecular formula is C10H9NO. The average molecular weight is 159 g/mol. The maximum Gasteiger partial charge on any atom is 0.150 e. The average Bonchev–Trinajstić information content (AvgIpc) is 2.17. The molecular weight excluding hydrogens is 150 g/mol. The third kappa shape index (κ3) is 1.03. The molecule has 0 radical (unpaired) electrons. The van der Waals surface area contributed by atoms with Crippen molar-refractivity contribution in [2.45, 2.75) is 6.42 Å². The normalized spacial score (nSPS) is 14.5. The van der Waals surface area contributed by atoms with E-state index in [1.54, 1.807) is 0 Å². The van der Waals surface area contributed by atoms with Gasteiger partial charge in [-0.1, -0.05) is 24.3 Å². The summed E-state index contributed by atoms with van der Waals surface area (Å²) >= 11 is 0. The predicted octanol–water partition coefficient (Wildman–Crippen LogP) is 1.00. The van der Waals surface area contributed by atoms with Crippen LogP contribution >= 0.6 is 0 Å². The highest BCUT2D eigenvalue weighted by atomic mass is 16.1. The quantitative estimate of drug-likeness (QED) is 0.572. The second-order valence-electron chi connectivity index (χ2n) is 2.81. The number of benzene rings is 1. The zero-order valence-corrected chi connectivity index (χ0v) is 6.63. The Kier molecular flexibility index (Phi) is 1.69. The first-order valence-corrected chi connectivity index (χ1v) is 3.99. The molecule has 0 bridgehead atoms. The van der Waals surface area contributed by atoms with Gasteiger partial charge in [0, 0.05) is 12.1 Å². The standard InChI is InChI=1S/C10H9NO/c12-7-10-9-4-2-1-3-8(9)5-6-11-10/h1-4,11H,5-6H2. The Morgan fingerprint density at radius 3 is 3.00 bits per heavy atom. The van der Waals surface area contributed by atoms with Gasteiger partial charge < -0.3 is 5.32 Å². The number of hydrogen-bond acceptors (Lipinski definition) is 2. The molecule has 1 N–H and O–H groups in total. The van der Waals surface area contributed by atoms with Crippen molar-refractivity contribution >= 4 is 11.6 Å². The van der Waals surface area contributed by atoms with E-state index in [1.807, 2.05) is 30.2 Å². The van der Waals surface area contributed by atoms with Crippen molar-refractivity contribution in [2.75, 3.05) is 6.54 Å². The van der Waals surface area contributed by atoms with Crippen molar-refractivity contribution in [3.8, 4) is 0 Å². The lowest BCUT2D eigenvalue weighted by atomic mass is 9.99. The molecule has 2 nitrogen and oxygen atoms in total. The fourth-order valence-corrected chi connectivity index (χ4v) is 1.49. The summed E-state index contributed by atoms with van der Waals surface area (Å²) in [5.74, 6) is 1.92. The first-order chi connectivity index (χ1) is 5.92. The second-order valence-corrected chi connectivity index (χ2v) is 2.81. The van der Waals surface area contributed by atoms with E-state index >= 15 is 0 Å². The van der Waals surface area contributed by atoms with Gasteiger partial charge in [-0.3, -0.25) is 0 Å². The van der Waals surface area contributed by atoms with Crippen LogP contribution in [-0.4, -0.2) is 12.5 Å². The minimum absolute atomic E-state index is 0.594. The third-order valence-electron chi connectivity index (χ3n) is 2.08. The van der Waals surface area contributed by atoms with Gasteiger partial charge in [0.25, 0.3) is 0 Å². The van der Waals surface area contributed by atoms with Gasteiger partial charge in [0.15, 0.2) is 5.94 Å². The Bertz CT molecular complexity index is 351. The molecule has 1 aromatic carbocycles. The van der Waals surface area contributed by atoms with Gasteiger partial charge in [-0.15, -0.1) is 0 Å². The summed E-state index contributed by atoms with van der Waals surface area (Å²) in [6, 6.07) is 7.92. The van der Waals surface area contributed by atoms with Crippen molar-refractivity contribution in [3.05, 3.63) is 35.4 Å². The number of hydrogen-bond donors (Lipinski definition) is 1. The summed E-state index contributed by atoms with van der Waals surface area (Å²) in [6.45, 7) is 0.835. The van der Waals surface area contributed by atoms with E-state index in [9.17, 15) is 4.79 Å².